The molecule has 5 rings (SSSR count). The number of rotatable bonds is 6. The van der Waals surface area contributed by atoms with Gasteiger partial charge in [-0.15, -0.1) is 0 Å². The third-order valence-electron chi connectivity index (χ3n) is 6.78. The molecule has 37 heavy (non-hydrogen) atoms. The number of nitro groups is 1. The highest BCUT2D eigenvalue weighted by Crippen LogP contribution is 2.57. The summed E-state index contributed by atoms with van der Waals surface area (Å²) in [6, 6.07) is 12.7. The molecular weight excluding hydrogens is 546 g/mol. The molecule has 3 atom stereocenters. The Bertz CT molecular complexity index is 1560. The summed E-state index contributed by atoms with van der Waals surface area (Å²) in [6.07, 6.45) is 1.04. The van der Waals surface area contributed by atoms with Gasteiger partial charge in [0.1, 0.15) is 0 Å². The zero-order chi connectivity index (χ0) is 26.6. The molecule has 13 heteroatoms. The zero-order valence-electron chi connectivity index (χ0n) is 19.0. The Labute approximate surface area is 221 Å². The number of halogens is 3. The Hall–Kier alpha value is -3.12. The number of nitrogens with zero attached hydrogens (tertiary/aromatic N) is 3. The number of nitrogens with one attached hydrogen (secondary N) is 1. The molecule has 1 aliphatic carbocycles. The number of carbonyl (C=O) groups excluding carboxylic acids is 1. The second kappa shape index (κ2) is 9.02. The maximum atomic E-state index is 16.4. The first kappa shape index (κ1) is 25.5. The Morgan fingerprint density at radius 1 is 1.16 bits per heavy atom. The number of hydrogen-bond donors (Lipinski definition) is 1. The lowest BCUT2D eigenvalue weighted by atomic mass is 9.76. The fourth-order valence-corrected chi connectivity index (χ4v) is 7.19. The van der Waals surface area contributed by atoms with Gasteiger partial charge in [-0.05, 0) is 42.7 Å². The second-order valence-corrected chi connectivity index (χ2v) is 11.6. The van der Waals surface area contributed by atoms with E-state index in [9.17, 15) is 23.3 Å². The summed E-state index contributed by atoms with van der Waals surface area (Å²) in [7, 11) is -4.30. The molecular formula is C24H19Cl2FN4O5S. The molecule has 0 bridgehead atoms. The topological polar surface area (TPSA) is 122 Å². The fourth-order valence-electron chi connectivity index (χ4n) is 4.80. The van der Waals surface area contributed by atoms with Crippen molar-refractivity contribution in [3.05, 3.63) is 97.8 Å². The third kappa shape index (κ3) is 4.15. The van der Waals surface area contributed by atoms with Crippen molar-refractivity contribution >= 4 is 44.8 Å². The SMILES string of the molecule is O=C(NCc1ccc(Cl)cc1Cl)[C@]1(F)CC[C@]2(CN2S(=O)(=O)c2ccccc2[N+](=O)[O-])c2ncccc21. The highest BCUT2D eigenvalue weighted by atomic mass is 35.5. The number of hydrogen-bond acceptors (Lipinski definition) is 6. The van der Waals surface area contributed by atoms with Crippen molar-refractivity contribution in [3.63, 3.8) is 0 Å². The Morgan fingerprint density at radius 2 is 1.92 bits per heavy atom. The van der Waals surface area contributed by atoms with Gasteiger partial charge >= 0.3 is 0 Å². The first-order valence-electron chi connectivity index (χ1n) is 11.1. The number of sulfonamides is 1. The normalized spacial score (nSPS) is 24.4. The maximum Gasteiger partial charge on any atom is 0.289 e. The summed E-state index contributed by atoms with van der Waals surface area (Å²) >= 11 is 12.1. The molecule has 9 nitrogen and oxygen atoms in total. The largest absolute Gasteiger partial charge is 0.349 e. The number of benzene rings is 2. The van der Waals surface area contributed by atoms with Crippen LogP contribution in [-0.2, 0) is 32.6 Å². The molecule has 1 spiro atoms. The molecule has 3 aromatic rings. The van der Waals surface area contributed by atoms with E-state index in [-0.39, 0.29) is 37.2 Å². The van der Waals surface area contributed by atoms with Crippen LogP contribution >= 0.6 is 23.2 Å². The van der Waals surface area contributed by atoms with Crippen molar-refractivity contribution in [3.8, 4) is 0 Å². The van der Waals surface area contributed by atoms with Crippen LogP contribution in [0.5, 0.6) is 0 Å². The minimum Gasteiger partial charge on any atom is -0.349 e. The molecule has 1 aromatic heterocycles. The molecule has 1 fully saturated rings. The van der Waals surface area contributed by atoms with Gasteiger partial charge in [0.2, 0.25) is 5.67 Å². The van der Waals surface area contributed by atoms with Gasteiger partial charge in [0.25, 0.3) is 21.6 Å². The molecule has 2 aromatic carbocycles. The lowest BCUT2D eigenvalue weighted by molar-refractivity contribution is -0.387. The van der Waals surface area contributed by atoms with Crippen LogP contribution in [0.15, 0.2) is 65.7 Å². The van der Waals surface area contributed by atoms with E-state index in [1.165, 1.54) is 36.5 Å². The van der Waals surface area contributed by atoms with E-state index in [0.29, 0.717) is 15.6 Å². The van der Waals surface area contributed by atoms with Crippen LogP contribution < -0.4 is 5.32 Å². The Morgan fingerprint density at radius 3 is 2.65 bits per heavy atom. The molecule has 1 unspecified atom stereocenters. The molecule has 1 N–H and O–H groups in total. The van der Waals surface area contributed by atoms with Crippen molar-refractivity contribution in [1.29, 1.82) is 0 Å². The summed E-state index contributed by atoms with van der Waals surface area (Å²) in [6.45, 7) is -0.0805. The van der Waals surface area contributed by atoms with Crippen molar-refractivity contribution in [1.82, 2.24) is 14.6 Å². The number of para-hydroxylation sites is 1. The summed E-state index contributed by atoms with van der Waals surface area (Å²) in [5.74, 6) is -0.906. The lowest BCUT2D eigenvalue weighted by Crippen LogP contribution is -2.46. The minimum atomic E-state index is -4.30. The zero-order valence-corrected chi connectivity index (χ0v) is 21.4. The monoisotopic (exact) mass is 564 g/mol. The number of nitro benzene ring substituents is 1. The van der Waals surface area contributed by atoms with E-state index >= 15 is 4.39 Å². The van der Waals surface area contributed by atoms with Crippen LogP contribution in [-0.4, -0.2) is 35.1 Å². The van der Waals surface area contributed by atoms with Gasteiger partial charge in [0.05, 0.1) is 16.2 Å². The van der Waals surface area contributed by atoms with E-state index in [1.807, 2.05) is 0 Å². The summed E-state index contributed by atoms with van der Waals surface area (Å²) in [5.41, 5.74) is -3.60. The summed E-state index contributed by atoms with van der Waals surface area (Å²) in [4.78, 5) is 27.6. The van der Waals surface area contributed by atoms with Crippen LogP contribution in [0, 0.1) is 10.1 Å². The Kier molecular flexibility index (Phi) is 6.22. The van der Waals surface area contributed by atoms with Gasteiger partial charge in [-0.2, -0.15) is 4.31 Å². The van der Waals surface area contributed by atoms with E-state index in [4.69, 9.17) is 23.2 Å². The van der Waals surface area contributed by atoms with E-state index in [1.54, 1.807) is 12.1 Å². The van der Waals surface area contributed by atoms with Crippen LogP contribution in [0.1, 0.15) is 29.7 Å². The van der Waals surface area contributed by atoms with Gasteiger partial charge in [0, 0.05) is 41.0 Å². The first-order valence-corrected chi connectivity index (χ1v) is 13.3. The van der Waals surface area contributed by atoms with Crippen LogP contribution in [0.4, 0.5) is 10.1 Å². The lowest BCUT2D eigenvalue weighted by Gasteiger charge is -2.34. The predicted molar refractivity (Wildman–Crippen MR) is 133 cm³/mol. The average molecular weight is 565 g/mol. The smallest absolute Gasteiger partial charge is 0.289 e. The van der Waals surface area contributed by atoms with Gasteiger partial charge in [0.15, 0.2) is 4.90 Å². The Balaban J connectivity index is 1.45. The predicted octanol–water partition coefficient (Wildman–Crippen LogP) is 4.47. The van der Waals surface area contributed by atoms with Crippen LogP contribution in [0.25, 0.3) is 0 Å². The molecule has 1 amide bonds. The average Bonchev–Trinajstić information content (AvgIpc) is 3.62. The molecule has 1 aliphatic heterocycles. The minimum absolute atomic E-state index is 0.0382. The van der Waals surface area contributed by atoms with E-state index in [0.717, 1.165) is 16.4 Å². The number of alkyl halides is 1. The summed E-state index contributed by atoms with van der Waals surface area (Å²) in [5, 5.41) is 14.7. The van der Waals surface area contributed by atoms with E-state index < -0.39 is 42.6 Å². The highest BCUT2D eigenvalue weighted by molar-refractivity contribution is 7.89. The van der Waals surface area contributed by atoms with Crippen molar-refractivity contribution < 1.29 is 22.5 Å². The van der Waals surface area contributed by atoms with Crippen molar-refractivity contribution in [2.24, 2.45) is 0 Å². The van der Waals surface area contributed by atoms with Crippen LogP contribution in [0.2, 0.25) is 10.0 Å². The van der Waals surface area contributed by atoms with Gasteiger partial charge in [-0.25, -0.2) is 12.8 Å². The summed E-state index contributed by atoms with van der Waals surface area (Å²) < 4.78 is 44.3. The second-order valence-electron chi connectivity index (χ2n) is 8.89. The fraction of sp³-hybridized carbons (Fsp3) is 0.250. The molecule has 2 heterocycles. The molecule has 0 radical (unpaired) electrons. The van der Waals surface area contributed by atoms with Crippen LogP contribution in [0.3, 0.4) is 0 Å². The molecule has 2 aliphatic rings. The number of aromatic nitrogens is 1. The third-order valence-corrected chi connectivity index (χ3v) is 9.33. The first-order chi connectivity index (χ1) is 17.5. The maximum absolute atomic E-state index is 16.4. The highest BCUT2D eigenvalue weighted by Gasteiger charge is 2.67. The number of fused-ring (bicyclic) bond motifs is 2. The molecule has 192 valence electrons. The van der Waals surface area contributed by atoms with Gasteiger partial charge in [-0.3, -0.25) is 19.9 Å². The number of carbonyl (C=O) groups is 1. The standard InChI is InChI=1S/C24H19Cl2FN4O5S/c25-16-8-7-15(18(26)12-16)13-29-22(32)24(27)10-9-23(21-17(24)4-3-11-28-21)14-30(23)37(35,36)20-6-2-1-5-19(20)31(33)34/h1-8,11-12H,9-10,13-14H2,(H,29,32)/t23-,24-,30?/m0/s1. The van der Waals surface area contributed by atoms with Gasteiger partial charge in [-0.1, -0.05) is 47.5 Å². The van der Waals surface area contributed by atoms with Crippen molar-refractivity contribution in [2.45, 2.75) is 35.5 Å². The quantitative estimate of drug-likeness (QED) is 0.267. The number of pyridine rings is 1. The molecule has 0 saturated carbocycles. The number of amides is 1. The van der Waals surface area contributed by atoms with E-state index in [2.05, 4.69) is 10.3 Å². The molecule has 1 saturated heterocycles. The van der Waals surface area contributed by atoms with Crippen molar-refractivity contribution in [2.75, 3.05) is 6.54 Å². The van der Waals surface area contributed by atoms with Gasteiger partial charge < -0.3 is 5.32 Å².